The number of benzene rings is 3. The van der Waals surface area contributed by atoms with Crippen molar-refractivity contribution in [2.24, 2.45) is 5.41 Å². The molecule has 1 unspecified atom stereocenters. The number of nitrogens with one attached hydrogen (secondary N) is 1. The molecule has 0 radical (unpaired) electrons. The quantitative estimate of drug-likeness (QED) is 0.362. The van der Waals surface area contributed by atoms with Crippen molar-refractivity contribution >= 4 is 40.4 Å². The fourth-order valence-electron chi connectivity index (χ4n) is 6.69. The number of aryl methyl sites for hydroxylation is 2. The van der Waals surface area contributed by atoms with Crippen molar-refractivity contribution in [3.8, 4) is 0 Å². The third-order valence-corrected chi connectivity index (χ3v) is 9.08. The van der Waals surface area contributed by atoms with E-state index in [1.54, 1.807) is 0 Å². The first-order valence-electron chi connectivity index (χ1n) is 14.8. The van der Waals surface area contributed by atoms with Gasteiger partial charge in [0, 0.05) is 54.6 Å². The lowest BCUT2D eigenvalue weighted by molar-refractivity contribution is -0.130. The van der Waals surface area contributed by atoms with Crippen molar-refractivity contribution < 1.29 is 9.59 Å². The molecule has 218 valence electrons. The Balaban J connectivity index is 1.34. The number of hydrogen-bond donors (Lipinski definition) is 1. The minimum atomic E-state index is -0.361. The molecule has 6 rings (SSSR count). The number of hydrogen-bond acceptors (Lipinski definition) is 5. The molecule has 7 heteroatoms. The Hall–Kier alpha value is -3.77. The second kappa shape index (κ2) is 11.1. The zero-order valence-corrected chi connectivity index (χ0v) is 25.7. The van der Waals surface area contributed by atoms with Gasteiger partial charge in [-0.05, 0) is 61.1 Å². The molecule has 3 aromatic carbocycles. The maximum absolute atomic E-state index is 14.1. The number of carbonyl (C=O) groups excluding carboxylic acids is 2. The van der Waals surface area contributed by atoms with E-state index in [9.17, 15) is 9.59 Å². The fraction of sp³-hybridized carbons (Fsp3) is 0.371. The van der Waals surface area contributed by atoms with E-state index >= 15 is 0 Å². The fourth-order valence-corrected chi connectivity index (χ4v) is 6.85. The van der Waals surface area contributed by atoms with Crippen LogP contribution in [0.4, 0.5) is 17.1 Å². The van der Waals surface area contributed by atoms with Crippen LogP contribution in [0.15, 0.2) is 78.0 Å². The molecule has 3 aliphatic rings. The highest BCUT2D eigenvalue weighted by atomic mass is 35.5. The molecule has 1 amide bonds. The predicted octanol–water partition coefficient (Wildman–Crippen LogP) is 6.92. The summed E-state index contributed by atoms with van der Waals surface area (Å²) in [4.78, 5) is 34.4. The van der Waals surface area contributed by atoms with Gasteiger partial charge in [0.2, 0.25) is 5.91 Å². The molecule has 0 aromatic heterocycles. The Morgan fingerprint density at radius 2 is 1.64 bits per heavy atom. The lowest BCUT2D eigenvalue weighted by Gasteiger charge is -2.40. The average Bonchev–Trinajstić information content (AvgIpc) is 3.08. The van der Waals surface area contributed by atoms with E-state index in [4.69, 9.17) is 11.6 Å². The summed E-state index contributed by atoms with van der Waals surface area (Å²) in [5, 5.41) is 4.37. The lowest BCUT2D eigenvalue weighted by atomic mass is 9.73. The van der Waals surface area contributed by atoms with Crippen LogP contribution in [0.3, 0.4) is 0 Å². The monoisotopic (exact) mass is 582 g/mol. The van der Waals surface area contributed by atoms with Crippen LogP contribution in [0.25, 0.3) is 0 Å². The summed E-state index contributed by atoms with van der Waals surface area (Å²) in [6.07, 6.45) is 1.26. The van der Waals surface area contributed by atoms with Crippen molar-refractivity contribution in [1.82, 2.24) is 4.90 Å². The van der Waals surface area contributed by atoms with Crippen molar-refractivity contribution in [2.75, 3.05) is 47.8 Å². The number of carbonyl (C=O) groups is 2. The minimum absolute atomic E-state index is 0.0667. The zero-order valence-electron chi connectivity index (χ0n) is 24.9. The number of nitrogens with zero attached hydrogens (tertiary/aromatic N) is 3. The predicted molar refractivity (Wildman–Crippen MR) is 171 cm³/mol. The highest BCUT2D eigenvalue weighted by molar-refractivity contribution is 6.30. The van der Waals surface area contributed by atoms with Crippen molar-refractivity contribution in [3.05, 3.63) is 99.7 Å². The Bertz CT molecular complexity index is 1550. The van der Waals surface area contributed by atoms with Gasteiger partial charge in [-0.15, -0.1) is 0 Å². The van der Waals surface area contributed by atoms with E-state index in [1.807, 2.05) is 41.3 Å². The molecule has 0 bridgehead atoms. The van der Waals surface area contributed by atoms with Gasteiger partial charge in [-0.3, -0.25) is 9.59 Å². The van der Waals surface area contributed by atoms with Crippen LogP contribution < -0.4 is 15.1 Å². The number of para-hydroxylation sites is 2. The van der Waals surface area contributed by atoms with E-state index < -0.39 is 0 Å². The van der Waals surface area contributed by atoms with Crippen LogP contribution in [-0.2, 0) is 9.59 Å². The molecular formula is C35H39ClN4O2. The number of anilines is 3. The highest BCUT2D eigenvalue weighted by Crippen LogP contribution is 2.48. The van der Waals surface area contributed by atoms with Crippen LogP contribution >= 0.6 is 11.6 Å². The summed E-state index contributed by atoms with van der Waals surface area (Å²) >= 11 is 6.30. The molecule has 42 heavy (non-hydrogen) atoms. The van der Waals surface area contributed by atoms with Gasteiger partial charge >= 0.3 is 0 Å². The zero-order chi connectivity index (χ0) is 29.6. The van der Waals surface area contributed by atoms with Crippen LogP contribution in [-0.4, -0.2) is 49.3 Å². The second-order valence-electron chi connectivity index (χ2n) is 12.7. The van der Waals surface area contributed by atoms with Gasteiger partial charge in [-0.1, -0.05) is 73.5 Å². The normalized spacial score (nSPS) is 20.1. The number of ketones is 1. The molecule has 0 spiro atoms. The second-order valence-corrected chi connectivity index (χ2v) is 13.2. The van der Waals surface area contributed by atoms with Crippen LogP contribution in [0.1, 0.15) is 49.4 Å². The summed E-state index contributed by atoms with van der Waals surface area (Å²) < 4.78 is 0. The molecule has 1 fully saturated rings. The molecule has 2 aliphatic heterocycles. The molecule has 3 aromatic rings. The molecular weight excluding hydrogens is 544 g/mol. The van der Waals surface area contributed by atoms with E-state index in [-0.39, 0.29) is 29.7 Å². The summed E-state index contributed by atoms with van der Waals surface area (Å²) in [6.45, 7) is 11.4. The van der Waals surface area contributed by atoms with E-state index in [0.717, 1.165) is 64.0 Å². The molecule has 1 N–H and O–H groups in total. The van der Waals surface area contributed by atoms with Crippen LogP contribution in [0.2, 0.25) is 5.02 Å². The average molecular weight is 583 g/mol. The molecule has 1 aliphatic carbocycles. The van der Waals surface area contributed by atoms with Crippen molar-refractivity contribution in [3.63, 3.8) is 0 Å². The minimum Gasteiger partial charge on any atom is -0.368 e. The summed E-state index contributed by atoms with van der Waals surface area (Å²) in [5.74, 6) is 0.215. The smallest absolute Gasteiger partial charge is 0.242 e. The van der Waals surface area contributed by atoms with Gasteiger partial charge in [-0.2, -0.15) is 0 Å². The Morgan fingerprint density at radius 1 is 0.929 bits per heavy atom. The molecule has 1 saturated heterocycles. The number of fused-ring (bicyclic) bond motifs is 1. The van der Waals surface area contributed by atoms with Crippen LogP contribution in [0, 0.1) is 19.3 Å². The number of piperazine rings is 1. The van der Waals surface area contributed by atoms with E-state index in [0.29, 0.717) is 19.5 Å². The summed E-state index contributed by atoms with van der Waals surface area (Å²) in [6, 6.07) is 22.1. The number of halogens is 1. The third-order valence-electron chi connectivity index (χ3n) is 8.85. The van der Waals surface area contributed by atoms with Crippen LogP contribution in [0.5, 0.6) is 0 Å². The summed E-state index contributed by atoms with van der Waals surface area (Å²) in [7, 11) is 0. The Morgan fingerprint density at radius 3 is 2.38 bits per heavy atom. The maximum Gasteiger partial charge on any atom is 0.242 e. The van der Waals surface area contributed by atoms with E-state index in [2.05, 4.69) is 73.1 Å². The van der Waals surface area contributed by atoms with Gasteiger partial charge in [0.25, 0.3) is 0 Å². The molecule has 1 atom stereocenters. The number of rotatable bonds is 4. The van der Waals surface area contributed by atoms with Gasteiger partial charge in [-0.25, -0.2) is 0 Å². The largest absolute Gasteiger partial charge is 0.368 e. The Kier molecular flexibility index (Phi) is 7.52. The summed E-state index contributed by atoms with van der Waals surface area (Å²) in [5.41, 5.74) is 7.96. The van der Waals surface area contributed by atoms with E-state index in [1.165, 1.54) is 5.56 Å². The van der Waals surface area contributed by atoms with Crippen molar-refractivity contribution in [1.29, 1.82) is 0 Å². The first-order chi connectivity index (χ1) is 20.1. The highest BCUT2D eigenvalue weighted by Gasteiger charge is 2.42. The maximum atomic E-state index is 14.1. The number of amides is 1. The van der Waals surface area contributed by atoms with Gasteiger partial charge < -0.3 is 20.0 Å². The number of allylic oxidation sites excluding steroid dienone is 1. The molecule has 0 saturated carbocycles. The standard InChI is InChI=1S/C35H39ClN4O2/c1-23-9-12-25(13-10-23)34-33-28(20-35(3,4)21-31(33)41)37-27-7-5-6-8-29(27)40(34)22-32(42)39-17-15-38(16-18-39)30-19-26(36)14-11-24(30)2/h5-14,19,34,37H,15-18,20-22H2,1-4H3. The lowest BCUT2D eigenvalue weighted by Crippen LogP contribution is -2.52. The van der Waals surface area contributed by atoms with Gasteiger partial charge in [0.05, 0.1) is 24.0 Å². The topological polar surface area (TPSA) is 55.9 Å². The Labute approximate surface area is 253 Å². The molecule has 2 heterocycles. The van der Waals surface area contributed by atoms with Gasteiger partial charge in [0.1, 0.15) is 0 Å². The third kappa shape index (κ3) is 5.52. The SMILES string of the molecule is Cc1ccc(C2C3=C(CC(C)(C)CC3=O)Nc3ccccc3N2CC(=O)N2CCN(c3cc(Cl)ccc3C)CC2)cc1. The van der Waals surface area contributed by atoms with Gasteiger partial charge in [0.15, 0.2) is 5.78 Å². The first-order valence-corrected chi connectivity index (χ1v) is 15.2. The number of Topliss-reactive ketones (excluding diaryl/α,β-unsaturated/α-hetero) is 1. The first kappa shape index (κ1) is 28.4. The molecule has 6 nitrogen and oxygen atoms in total. The van der Waals surface area contributed by atoms with Crippen molar-refractivity contribution in [2.45, 2.75) is 46.6 Å².